The normalized spacial score (nSPS) is 7.75. The van der Waals surface area contributed by atoms with Gasteiger partial charge in [0.15, 0.2) is 0 Å². The number of hydrogen-bond acceptors (Lipinski definition) is 1. The molecule has 0 aromatic heterocycles. The van der Waals surface area contributed by atoms with Crippen LogP contribution in [0.1, 0.15) is 12.5 Å². The minimum absolute atomic E-state index is 0. The van der Waals surface area contributed by atoms with Crippen LogP contribution in [0.5, 0.6) is 5.75 Å². The van der Waals surface area contributed by atoms with Crippen molar-refractivity contribution < 1.29 is 17.1 Å². The predicted octanol–water partition coefficient (Wildman–Crippen LogP) is -1.11. The average molecular weight is 195 g/mol. The Bertz CT molecular complexity index is 215. The Balaban J connectivity index is 0. The Labute approximate surface area is 96.1 Å². The molecule has 0 heterocycles. The molecule has 1 rings (SSSR count). The summed E-state index contributed by atoms with van der Waals surface area (Å²) in [5.41, 5.74) is 0.948. The Morgan fingerprint density at radius 2 is 1.92 bits per heavy atom. The maximum absolute atomic E-state index is 5.27. The van der Waals surface area contributed by atoms with Gasteiger partial charge in [-0.2, -0.15) is 18.6 Å². The molecule has 62 valence electrons. The van der Waals surface area contributed by atoms with Gasteiger partial charge in [0.1, 0.15) is 0 Å². The van der Waals surface area contributed by atoms with E-state index in [2.05, 4.69) is 6.92 Å². The molecule has 0 amide bonds. The third-order valence-corrected chi connectivity index (χ3v) is 1.27. The summed E-state index contributed by atoms with van der Waals surface area (Å²) in [4.78, 5) is 0. The second-order valence-electron chi connectivity index (χ2n) is 2.04. The summed E-state index contributed by atoms with van der Waals surface area (Å²) >= 11 is 0. The van der Waals surface area contributed by atoms with Crippen LogP contribution in [-0.2, 0) is 0 Å². The van der Waals surface area contributed by atoms with Crippen LogP contribution in [0, 0.1) is 6.92 Å². The van der Waals surface area contributed by atoms with Crippen molar-refractivity contribution in [1.82, 2.24) is 0 Å². The first-order valence-electron chi connectivity index (χ1n) is 3.38. The number of rotatable bonds is 2. The molecule has 0 fully saturated rings. The second kappa shape index (κ2) is 7.59. The van der Waals surface area contributed by atoms with E-state index in [1.54, 1.807) is 0 Å². The van der Waals surface area contributed by atoms with Gasteiger partial charge in [0.25, 0.3) is 0 Å². The number of ether oxygens (including phenoxy) is 1. The average Bonchev–Trinajstić information content (AvgIpc) is 1.94. The van der Waals surface area contributed by atoms with Crippen molar-refractivity contribution in [2.45, 2.75) is 6.92 Å². The van der Waals surface area contributed by atoms with Crippen LogP contribution in [-0.4, -0.2) is 29.7 Å². The topological polar surface area (TPSA) is 9.23 Å². The van der Waals surface area contributed by atoms with Crippen LogP contribution < -0.4 is 17.1 Å². The van der Waals surface area contributed by atoms with E-state index >= 15 is 0 Å². The molecule has 0 aliphatic heterocycles. The van der Waals surface area contributed by atoms with E-state index < -0.39 is 0 Å². The maximum atomic E-state index is 5.27. The largest absolute Gasteiger partial charge is 2.00 e. The van der Waals surface area contributed by atoms with Crippen LogP contribution >= 0.6 is 0 Å². The summed E-state index contributed by atoms with van der Waals surface area (Å²) in [5.74, 6) is 0.880. The van der Waals surface area contributed by atoms with Gasteiger partial charge in [-0.1, -0.05) is 12.1 Å². The van der Waals surface area contributed by atoms with Crippen molar-refractivity contribution in [2.75, 3.05) is 6.61 Å². The van der Waals surface area contributed by atoms with Crippen molar-refractivity contribution in [2.24, 2.45) is 0 Å². The molecular weight excluding hydrogens is 184 g/mol. The van der Waals surface area contributed by atoms with Crippen molar-refractivity contribution in [3.05, 3.63) is 36.8 Å². The Hall–Kier alpha value is -0.0538. The fourth-order valence-electron chi connectivity index (χ4n) is 0.800. The third kappa shape index (κ3) is 4.09. The van der Waals surface area contributed by atoms with Crippen molar-refractivity contribution >= 4 is 23.1 Å². The number of hydrogen-bond donors (Lipinski definition) is 0. The first-order chi connectivity index (χ1) is 4.84. The standard InChI is InChI=1S/C9H11O.ClH.Mg/c1-3-10-9-7-5-4-6-8(9)2;;/h4-7H,2-3H2,1H3;1H;/q-1;;+2/p-1. The third-order valence-electron chi connectivity index (χ3n) is 1.27. The van der Waals surface area contributed by atoms with Crippen LogP contribution in [0.25, 0.3) is 0 Å². The zero-order valence-electron chi connectivity index (χ0n) is 7.22. The molecule has 0 saturated carbocycles. The van der Waals surface area contributed by atoms with Gasteiger partial charge in [0.05, 0.1) is 6.61 Å². The molecule has 1 aromatic rings. The van der Waals surface area contributed by atoms with Gasteiger partial charge < -0.3 is 17.1 Å². The predicted molar refractivity (Wildman–Crippen MR) is 47.8 cm³/mol. The SMILES string of the molecule is [CH2-]c1ccccc1OCC.[Cl-].[Mg+2]. The Kier molecular flexibility index (Phi) is 9.15. The van der Waals surface area contributed by atoms with Gasteiger partial charge in [-0.3, -0.25) is 0 Å². The fraction of sp³-hybridized carbons (Fsp3) is 0.222. The Morgan fingerprint density at radius 1 is 1.33 bits per heavy atom. The minimum atomic E-state index is 0. The molecule has 0 spiro atoms. The zero-order chi connectivity index (χ0) is 7.40. The molecule has 0 atom stereocenters. The Morgan fingerprint density at radius 3 is 2.42 bits per heavy atom. The van der Waals surface area contributed by atoms with E-state index in [0.717, 1.165) is 11.3 Å². The summed E-state index contributed by atoms with van der Waals surface area (Å²) in [6.45, 7) is 6.48. The molecule has 0 N–H and O–H groups in total. The van der Waals surface area contributed by atoms with Crippen molar-refractivity contribution in [3.8, 4) is 5.75 Å². The number of para-hydroxylation sites is 1. The van der Waals surface area contributed by atoms with E-state index in [1.807, 2.05) is 31.2 Å². The van der Waals surface area contributed by atoms with Gasteiger partial charge in [-0.15, -0.1) is 6.07 Å². The molecule has 3 heteroatoms. The molecule has 1 nitrogen and oxygen atoms in total. The van der Waals surface area contributed by atoms with Crippen molar-refractivity contribution in [1.29, 1.82) is 0 Å². The fourth-order valence-corrected chi connectivity index (χ4v) is 0.800. The van der Waals surface area contributed by atoms with E-state index in [1.165, 1.54) is 0 Å². The first kappa shape index (κ1) is 14.5. The molecule has 0 bridgehead atoms. The number of benzene rings is 1. The first-order valence-corrected chi connectivity index (χ1v) is 3.38. The van der Waals surface area contributed by atoms with Gasteiger partial charge in [-0.25, -0.2) is 0 Å². The zero-order valence-corrected chi connectivity index (χ0v) is 9.39. The summed E-state index contributed by atoms with van der Waals surface area (Å²) in [5, 5.41) is 0. The molecular formula is C9H11ClMgO. The molecule has 0 aliphatic carbocycles. The maximum Gasteiger partial charge on any atom is 2.00 e. The summed E-state index contributed by atoms with van der Waals surface area (Å²) in [6.07, 6.45) is 0. The molecule has 0 saturated heterocycles. The van der Waals surface area contributed by atoms with Crippen LogP contribution in [0.2, 0.25) is 0 Å². The molecule has 12 heavy (non-hydrogen) atoms. The van der Waals surface area contributed by atoms with Crippen LogP contribution in [0.3, 0.4) is 0 Å². The number of halogens is 1. The minimum Gasteiger partial charge on any atom is -1.00 e. The van der Waals surface area contributed by atoms with Crippen LogP contribution in [0.15, 0.2) is 24.3 Å². The molecule has 0 aliphatic rings. The monoisotopic (exact) mass is 194 g/mol. The smallest absolute Gasteiger partial charge is 1.00 e. The molecule has 1 aromatic carbocycles. The quantitative estimate of drug-likeness (QED) is 0.429. The van der Waals surface area contributed by atoms with Crippen LogP contribution in [0.4, 0.5) is 0 Å². The molecule has 0 unspecified atom stereocenters. The summed E-state index contributed by atoms with van der Waals surface area (Å²) in [7, 11) is 0. The summed E-state index contributed by atoms with van der Waals surface area (Å²) in [6, 6.07) is 7.75. The van der Waals surface area contributed by atoms with E-state index in [4.69, 9.17) is 4.74 Å². The van der Waals surface area contributed by atoms with Gasteiger partial charge in [0.2, 0.25) is 0 Å². The van der Waals surface area contributed by atoms with E-state index in [0.29, 0.717) is 6.61 Å². The second-order valence-corrected chi connectivity index (χ2v) is 2.04. The van der Waals surface area contributed by atoms with E-state index in [-0.39, 0.29) is 35.5 Å². The van der Waals surface area contributed by atoms with E-state index in [9.17, 15) is 0 Å². The summed E-state index contributed by atoms with van der Waals surface area (Å²) < 4.78 is 5.27. The van der Waals surface area contributed by atoms with Crippen molar-refractivity contribution in [3.63, 3.8) is 0 Å². The molecule has 0 radical (unpaired) electrons. The van der Waals surface area contributed by atoms with Gasteiger partial charge in [0, 0.05) is 5.75 Å². The van der Waals surface area contributed by atoms with Gasteiger partial charge >= 0.3 is 23.1 Å². The van der Waals surface area contributed by atoms with Gasteiger partial charge in [-0.05, 0) is 6.92 Å².